The number of nitrogens with zero attached hydrogens (tertiary/aromatic N) is 2. The summed E-state index contributed by atoms with van der Waals surface area (Å²) in [5.41, 5.74) is 5.72. The lowest BCUT2D eigenvalue weighted by Gasteiger charge is -2.08. The van der Waals surface area contributed by atoms with Gasteiger partial charge in [-0.05, 0) is 13.0 Å². The van der Waals surface area contributed by atoms with Crippen molar-refractivity contribution in [2.45, 2.75) is 6.92 Å². The van der Waals surface area contributed by atoms with Gasteiger partial charge in [0.25, 0.3) is 17.4 Å². The Kier molecular flexibility index (Phi) is 4.88. The average molecular weight is 405 g/mol. The Morgan fingerprint density at radius 1 is 0.931 bits per heavy atom. The molecule has 8 nitrogen and oxygen atoms in total. The first-order valence-corrected chi connectivity index (χ1v) is 9.47. The molecule has 0 radical (unpaired) electrons. The van der Waals surface area contributed by atoms with E-state index in [1.807, 2.05) is 37.3 Å². The Hall–Kier alpha value is -3.85. The second kappa shape index (κ2) is 7.64. The number of thiazole rings is 1. The molecule has 0 saturated carbocycles. The third-order valence-electron chi connectivity index (χ3n) is 4.19. The zero-order chi connectivity index (χ0) is 20.4. The van der Waals surface area contributed by atoms with Crippen LogP contribution in [0.3, 0.4) is 0 Å². The number of hydrogen-bond donors (Lipinski definition) is 3. The molecule has 0 bridgehead atoms. The largest absolute Gasteiger partial charge is 0.290 e. The van der Waals surface area contributed by atoms with Crippen molar-refractivity contribution in [2.75, 3.05) is 0 Å². The van der Waals surface area contributed by atoms with E-state index in [4.69, 9.17) is 0 Å². The minimum atomic E-state index is -0.645. The minimum Gasteiger partial charge on any atom is -0.267 e. The molecule has 2 aromatic carbocycles. The van der Waals surface area contributed by atoms with E-state index in [1.165, 1.54) is 11.3 Å². The Morgan fingerprint density at radius 2 is 1.59 bits per heavy atom. The molecule has 0 aliphatic heterocycles. The maximum atomic E-state index is 12.7. The third kappa shape index (κ3) is 3.63. The molecule has 4 rings (SSSR count). The van der Waals surface area contributed by atoms with Crippen LogP contribution in [0, 0.1) is 6.92 Å². The molecule has 2 amide bonds. The number of rotatable bonds is 3. The van der Waals surface area contributed by atoms with Crippen LogP contribution in [0.15, 0.2) is 59.4 Å². The van der Waals surface area contributed by atoms with Crippen LogP contribution in [0.1, 0.15) is 25.2 Å². The van der Waals surface area contributed by atoms with Crippen molar-refractivity contribution in [3.05, 3.63) is 80.5 Å². The fourth-order valence-electron chi connectivity index (χ4n) is 2.89. The van der Waals surface area contributed by atoms with Crippen molar-refractivity contribution in [1.29, 1.82) is 0 Å². The van der Waals surface area contributed by atoms with Gasteiger partial charge in [-0.25, -0.2) is 10.1 Å². The highest BCUT2D eigenvalue weighted by molar-refractivity contribution is 7.14. The quantitative estimate of drug-likeness (QED) is 0.453. The predicted molar refractivity (Wildman–Crippen MR) is 110 cm³/mol. The minimum absolute atomic E-state index is 0.00395. The number of fused-ring (bicyclic) bond motifs is 1. The molecule has 2 aromatic heterocycles. The number of aromatic amines is 1. The number of hydrazine groups is 1. The lowest BCUT2D eigenvalue weighted by molar-refractivity contribution is 0.0846. The Morgan fingerprint density at radius 3 is 2.34 bits per heavy atom. The van der Waals surface area contributed by atoms with Gasteiger partial charge >= 0.3 is 0 Å². The monoisotopic (exact) mass is 405 g/mol. The SMILES string of the molecule is Cc1nc(-c2ccccc2)c(C(=O)NNC(=O)c2n[nH]c(=O)c3ccccc23)s1. The number of carbonyl (C=O) groups excluding carboxylic acids is 2. The van der Waals surface area contributed by atoms with Crippen LogP contribution in [-0.2, 0) is 0 Å². The lowest BCUT2D eigenvalue weighted by atomic mass is 10.1. The van der Waals surface area contributed by atoms with E-state index in [2.05, 4.69) is 26.0 Å². The van der Waals surface area contributed by atoms with Crippen molar-refractivity contribution in [3.63, 3.8) is 0 Å². The summed E-state index contributed by atoms with van der Waals surface area (Å²) in [4.78, 5) is 41.9. The van der Waals surface area contributed by atoms with Crippen molar-refractivity contribution in [1.82, 2.24) is 26.0 Å². The highest BCUT2D eigenvalue weighted by Crippen LogP contribution is 2.27. The first-order valence-electron chi connectivity index (χ1n) is 8.65. The summed E-state index contributed by atoms with van der Waals surface area (Å²) in [6.07, 6.45) is 0. The number of hydrogen-bond acceptors (Lipinski definition) is 6. The molecular weight excluding hydrogens is 390 g/mol. The topological polar surface area (TPSA) is 117 Å². The van der Waals surface area contributed by atoms with Crippen molar-refractivity contribution in [2.24, 2.45) is 0 Å². The summed E-state index contributed by atoms with van der Waals surface area (Å²) in [6, 6.07) is 15.9. The third-order valence-corrected chi connectivity index (χ3v) is 5.16. The maximum absolute atomic E-state index is 12.7. The second-order valence-electron chi connectivity index (χ2n) is 6.13. The second-order valence-corrected chi connectivity index (χ2v) is 7.34. The van der Waals surface area contributed by atoms with Crippen LogP contribution in [0.4, 0.5) is 0 Å². The first kappa shape index (κ1) is 18.5. The van der Waals surface area contributed by atoms with Crippen LogP contribution in [0.5, 0.6) is 0 Å². The van der Waals surface area contributed by atoms with Crippen LogP contribution in [0.2, 0.25) is 0 Å². The average Bonchev–Trinajstić information content (AvgIpc) is 3.15. The van der Waals surface area contributed by atoms with E-state index in [0.717, 1.165) is 10.6 Å². The van der Waals surface area contributed by atoms with Crippen molar-refractivity contribution >= 4 is 33.9 Å². The molecule has 0 saturated heterocycles. The molecule has 0 aliphatic rings. The van der Waals surface area contributed by atoms with Gasteiger partial charge < -0.3 is 0 Å². The van der Waals surface area contributed by atoms with Gasteiger partial charge in [0.05, 0.1) is 16.1 Å². The van der Waals surface area contributed by atoms with Gasteiger partial charge in [-0.2, -0.15) is 5.10 Å². The van der Waals surface area contributed by atoms with Crippen LogP contribution < -0.4 is 16.4 Å². The van der Waals surface area contributed by atoms with Crippen LogP contribution in [-0.4, -0.2) is 27.0 Å². The van der Waals surface area contributed by atoms with Gasteiger partial charge in [-0.1, -0.05) is 48.5 Å². The van der Waals surface area contributed by atoms with Gasteiger partial charge in [0, 0.05) is 10.9 Å². The molecule has 144 valence electrons. The van der Waals surface area contributed by atoms with Gasteiger partial charge in [0.15, 0.2) is 5.69 Å². The smallest absolute Gasteiger partial charge is 0.267 e. The molecule has 0 unspecified atom stereocenters. The first-order chi connectivity index (χ1) is 14.0. The van der Waals surface area contributed by atoms with Gasteiger partial charge in [-0.15, -0.1) is 11.3 Å². The summed E-state index contributed by atoms with van der Waals surface area (Å²) in [6.45, 7) is 1.81. The zero-order valence-corrected chi connectivity index (χ0v) is 16.0. The van der Waals surface area contributed by atoms with E-state index < -0.39 is 17.4 Å². The van der Waals surface area contributed by atoms with E-state index in [9.17, 15) is 14.4 Å². The fourth-order valence-corrected chi connectivity index (χ4v) is 3.73. The number of H-pyrrole nitrogens is 1. The van der Waals surface area contributed by atoms with Crippen LogP contribution >= 0.6 is 11.3 Å². The molecule has 0 fully saturated rings. The Labute approximate surface area is 168 Å². The molecule has 9 heteroatoms. The molecule has 3 N–H and O–H groups in total. The molecular formula is C20H15N5O3S. The fraction of sp³-hybridized carbons (Fsp3) is 0.0500. The Bertz CT molecular complexity index is 1280. The molecule has 29 heavy (non-hydrogen) atoms. The van der Waals surface area contributed by atoms with E-state index >= 15 is 0 Å². The summed E-state index contributed by atoms with van der Waals surface area (Å²) in [5, 5.41) is 7.56. The predicted octanol–water partition coefficient (Wildman–Crippen LogP) is 2.43. The molecule has 0 spiro atoms. The summed E-state index contributed by atoms with van der Waals surface area (Å²) in [5.74, 6) is -1.13. The van der Waals surface area contributed by atoms with Gasteiger partial charge in [-0.3, -0.25) is 25.2 Å². The van der Waals surface area contributed by atoms with Gasteiger partial charge in [0.2, 0.25) is 0 Å². The number of aromatic nitrogens is 3. The van der Waals surface area contributed by atoms with E-state index in [-0.39, 0.29) is 5.69 Å². The van der Waals surface area contributed by atoms with Gasteiger partial charge in [0.1, 0.15) is 4.88 Å². The highest BCUT2D eigenvalue weighted by atomic mass is 32.1. The maximum Gasteiger partial charge on any atom is 0.290 e. The van der Waals surface area contributed by atoms with E-state index in [1.54, 1.807) is 24.3 Å². The molecule has 0 atom stereocenters. The van der Waals surface area contributed by atoms with Crippen LogP contribution in [0.25, 0.3) is 22.0 Å². The highest BCUT2D eigenvalue weighted by Gasteiger charge is 2.20. The normalized spacial score (nSPS) is 10.7. The number of carbonyl (C=O) groups is 2. The summed E-state index contributed by atoms with van der Waals surface area (Å²) in [7, 11) is 0. The van der Waals surface area contributed by atoms with Crippen molar-refractivity contribution < 1.29 is 9.59 Å². The number of aryl methyl sites for hydroxylation is 1. The standard InChI is InChI=1S/C20H15N5O3S/c1-11-21-15(12-7-3-2-4-8-12)17(29-11)20(28)25-24-19(27)16-13-9-5-6-10-14(13)18(26)23-22-16/h2-10H,1H3,(H,23,26)(H,24,27)(H,25,28). The van der Waals surface area contributed by atoms with Crippen molar-refractivity contribution in [3.8, 4) is 11.3 Å². The lowest BCUT2D eigenvalue weighted by Crippen LogP contribution is -2.42. The zero-order valence-electron chi connectivity index (χ0n) is 15.2. The Balaban J connectivity index is 1.57. The number of amides is 2. The summed E-state index contributed by atoms with van der Waals surface area (Å²) < 4.78 is 0. The molecule has 0 aliphatic carbocycles. The number of nitrogens with one attached hydrogen (secondary N) is 3. The molecule has 2 heterocycles. The van der Waals surface area contributed by atoms with E-state index in [0.29, 0.717) is 21.3 Å². The number of benzene rings is 2. The summed E-state index contributed by atoms with van der Waals surface area (Å²) >= 11 is 1.23. The molecule has 4 aromatic rings.